The Bertz CT molecular complexity index is 1140. The molecule has 0 spiro atoms. The van der Waals surface area contributed by atoms with Crippen molar-refractivity contribution in [1.29, 1.82) is 0 Å². The molecule has 33 heavy (non-hydrogen) atoms. The second kappa shape index (κ2) is 10.3. The van der Waals surface area contributed by atoms with Gasteiger partial charge >= 0.3 is 0 Å². The van der Waals surface area contributed by atoms with Crippen LogP contribution < -0.4 is 9.04 Å². The van der Waals surface area contributed by atoms with E-state index in [1.54, 1.807) is 48.0 Å². The third-order valence-electron chi connectivity index (χ3n) is 5.53. The van der Waals surface area contributed by atoms with Crippen molar-refractivity contribution in [2.75, 3.05) is 44.1 Å². The molecule has 174 valence electrons. The van der Waals surface area contributed by atoms with E-state index in [9.17, 15) is 13.2 Å². The lowest BCUT2D eigenvalue weighted by Gasteiger charge is -2.34. The summed E-state index contributed by atoms with van der Waals surface area (Å²) in [7, 11) is -2.07. The van der Waals surface area contributed by atoms with Gasteiger partial charge in [-0.1, -0.05) is 12.1 Å². The lowest BCUT2D eigenvalue weighted by Crippen LogP contribution is -2.49. The van der Waals surface area contributed by atoms with Crippen LogP contribution in [0.3, 0.4) is 0 Å². The first-order valence-corrected chi connectivity index (χ1v) is 12.9. The number of thiophene rings is 1. The fraction of sp³-hybridized carbons (Fsp3) is 0.304. The molecule has 2 aromatic heterocycles. The quantitative estimate of drug-likeness (QED) is 0.487. The highest BCUT2D eigenvalue weighted by Gasteiger charge is 2.23. The Balaban J connectivity index is 1.25. The molecule has 0 atom stereocenters. The van der Waals surface area contributed by atoms with Crippen LogP contribution in [0.4, 0.5) is 5.69 Å². The fourth-order valence-corrected chi connectivity index (χ4v) is 5.93. The van der Waals surface area contributed by atoms with E-state index in [4.69, 9.17) is 4.74 Å². The largest absolute Gasteiger partial charge is 0.484 e. The summed E-state index contributed by atoms with van der Waals surface area (Å²) in [5.41, 5.74) is 1.68. The summed E-state index contributed by atoms with van der Waals surface area (Å²) in [5, 5.41) is 1.73. The van der Waals surface area contributed by atoms with Crippen LogP contribution >= 0.6 is 11.3 Å². The SMILES string of the molecule is CN(c1ccc(OCC(=O)N2CCN(Cc3cccnc3)CC2)cc1)S(=O)(=O)c1cccs1. The highest BCUT2D eigenvalue weighted by molar-refractivity contribution is 7.94. The number of benzene rings is 1. The molecule has 1 amide bonds. The second-order valence-electron chi connectivity index (χ2n) is 7.71. The van der Waals surface area contributed by atoms with E-state index < -0.39 is 10.0 Å². The first-order valence-electron chi connectivity index (χ1n) is 10.6. The maximum atomic E-state index is 12.6. The molecule has 3 aromatic rings. The van der Waals surface area contributed by atoms with Gasteiger partial charge in [0.05, 0.1) is 5.69 Å². The number of pyridine rings is 1. The zero-order valence-electron chi connectivity index (χ0n) is 18.3. The van der Waals surface area contributed by atoms with Crippen LogP contribution in [0, 0.1) is 0 Å². The number of amides is 1. The van der Waals surface area contributed by atoms with Gasteiger partial charge in [0.1, 0.15) is 9.96 Å². The van der Waals surface area contributed by atoms with Gasteiger partial charge in [0, 0.05) is 52.2 Å². The molecule has 1 aromatic carbocycles. The first-order chi connectivity index (χ1) is 15.9. The molecule has 3 heterocycles. The number of hydrogen-bond donors (Lipinski definition) is 0. The zero-order chi connectivity index (χ0) is 23.3. The van der Waals surface area contributed by atoms with Gasteiger partial charge < -0.3 is 9.64 Å². The molecule has 0 bridgehead atoms. The number of carbonyl (C=O) groups is 1. The predicted octanol–water partition coefficient (Wildman–Crippen LogP) is 2.69. The molecule has 10 heteroatoms. The molecule has 1 aliphatic heterocycles. The third-order valence-corrected chi connectivity index (χ3v) is 8.69. The highest BCUT2D eigenvalue weighted by atomic mass is 32.2. The maximum absolute atomic E-state index is 12.6. The number of anilines is 1. The Morgan fingerprint density at radius 2 is 1.85 bits per heavy atom. The predicted molar refractivity (Wildman–Crippen MR) is 128 cm³/mol. The van der Waals surface area contributed by atoms with Crippen LogP contribution in [0.2, 0.25) is 0 Å². The monoisotopic (exact) mass is 486 g/mol. The normalized spacial score (nSPS) is 14.8. The van der Waals surface area contributed by atoms with Crippen LogP contribution in [0.15, 0.2) is 70.5 Å². The number of sulfonamides is 1. The molecule has 1 aliphatic rings. The summed E-state index contributed by atoms with van der Waals surface area (Å²) in [6, 6.07) is 14.0. The van der Waals surface area contributed by atoms with Crippen LogP contribution in [-0.2, 0) is 21.4 Å². The second-order valence-corrected chi connectivity index (χ2v) is 10.8. The van der Waals surface area contributed by atoms with Crippen LogP contribution in [0.25, 0.3) is 0 Å². The lowest BCUT2D eigenvalue weighted by molar-refractivity contribution is -0.135. The molecule has 8 nitrogen and oxygen atoms in total. The highest BCUT2D eigenvalue weighted by Crippen LogP contribution is 2.26. The van der Waals surface area contributed by atoms with E-state index in [1.807, 2.05) is 17.2 Å². The van der Waals surface area contributed by atoms with Crippen LogP contribution in [-0.4, -0.2) is 68.9 Å². The van der Waals surface area contributed by atoms with Crippen molar-refractivity contribution in [2.45, 2.75) is 10.8 Å². The van der Waals surface area contributed by atoms with Gasteiger partial charge in [-0.2, -0.15) is 0 Å². The summed E-state index contributed by atoms with van der Waals surface area (Å²) < 4.78 is 32.5. The third kappa shape index (κ3) is 5.70. The van der Waals surface area contributed by atoms with Crippen LogP contribution in [0.5, 0.6) is 5.75 Å². The fourth-order valence-electron chi connectivity index (χ4n) is 3.58. The van der Waals surface area contributed by atoms with Gasteiger partial charge in [0.2, 0.25) is 0 Å². The van der Waals surface area contributed by atoms with Crippen molar-refractivity contribution in [1.82, 2.24) is 14.8 Å². The molecular formula is C23H26N4O4S2. The van der Waals surface area contributed by atoms with Crippen molar-refractivity contribution in [2.24, 2.45) is 0 Å². The Labute approximate surface area is 198 Å². The minimum atomic E-state index is -3.58. The Morgan fingerprint density at radius 1 is 1.09 bits per heavy atom. The minimum absolute atomic E-state index is 0.0503. The summed E-state index contributed by atoms with van der Waals surface area (Å²) in [5.74, 6) is 0.460. The topological polar surface area (TPSA) is 83.1 Å². The van der Waals surface area contributed by atoms with E-state index in [0.29, 0.717) is 24.5 Å². The van der Waals surface area contributed by atoms with Gasteiger partial charge in [0.25, 0.3) is 15.9 Å². The number of piperazine rings is 1. The molecule has 4 rings (SSSR count). The summed E-state index contributed by atoms with van der Waals surface area (Å²) in [6.45, 7) is 3.71. The van der Waals surface area contributed by atoms with Crippen molar-refractivity contribution in [3.63, 3.8) is 0 Å². The molecule has 0 N–H and O–H groups in total. The van der Waals surface area contributed by atoms with E-state index in [1.165, 1.54) is 22.7 Å². The summed E-state index contributed by atoms with van der Waals surface area (Å²) in [4.78, 5) is 20.8. The standard InChI is InChI=1S/C23H26N4O4S2/c1-25(33(29,30)23-5-3-15-32-23)20-6-8-21(9-7-20)31-18-22(28)27-13-11-26(12-14-27)17-19-4-2-10-24-16-19/h2-10,15-16H,11-14,17-18H2,1H3. The Morgan fingerprint density at radius 3 is 2.48 bits per heavy atom. The number of aromatic nitrogens is 1. The van der Waals surface area contributed by atoms with Crippen molar-refractivity contribution in [3.05, 3.63) is 71.9 Å². The minimum Gasteiger partial charge on any atom is -0.484 e. The molecule has 0 saturated carbocycles. The van der Waals surface area contributed by atoms with E-state index in [2.05, 4.69) is 16.0 Å². The lowest BCUT2D eigenvalue weighted by atomic mass is 10.2. The molecule has 0 aliphatic carbocycles. The average Bonchev–Trinajstić information content (AvgIpc) is 3.40. The van der Waals surface area contributed by atoms with Gasteiger partial charge in [-0.15, -0.1) is 11.3 Å². The van der Waals surface area contributed by atoms with Crippen molar-refractivity contribution < 1.29 is 17.9 Å². The molecule has 1 fully saturated rings. The average molecular weight is 487 g/mol. The number of carbonyl (C=O) groups excluding carboxylic acids is 1. The van der Waals surface area contributed by atoms with E-state index >= 15 is 0 Å². The molecule has 0 unspecified atom stereocenters. The summed E-state index contributed by atoms with van der Waals surface area (Å²) >= 11 is 1.18. The van der Waals surface area contributed by atoms with Crippen molar-refractivity contribution >= 4 is 33.0 Å². The van der Waals surface area contributed by atoms with Gasteiger partial charge in [0.15, 0.2) is 6.61 Å². The van der Waals surface area contributed by atoms with E-state index in [0.717, 1.165) is 25.2 Å². The number of hydrogen-bond acceptors (Lipinski definition) is 7. The number of rotatable bonds is 8. The molecule has 0 radical (unpaired) electrons. The molecular weight excluding hydrogens is 460 g/mol. The van der Waals surface area contributed by atoms with Gasteiger partial charge in [-0.3, -0.25) is 19.0 Å². The first kappa shape index (κ1) is 23.2. The maximum Gasteiger partial charge on any atom is 0.273 e. The summed E-state index contributed by atoms with van der Waals surface area (Å²) in [6.07, 6.45) is 3.63. The number of ether oxygens (including phenoxy) is 1. The van der Waals surface area contributed by atoms with Gasteiger partial charge in [-0.25, -0.2) is 8.42 Å². The van der Waals surface area contributed by atoms with E-state index in [-0.39, 0.29) is 16.7 Å². The van der Waals surface area contributed by atoms with Crippen LogP contribution in [0.1, 0.15) is 5.56 Å². The Hall–Kier alpha value is -2.95. The number of nitrogens with zero attached hydrogens (tertiary/aromatic N) is 4. The van der Waals surface area contributed by atoms with Crippen molar-refractivity contribution in [3.8, 4) is 5.75 Å². The Kier molecular flexibility index (Phi) is 7.26. The smallest absolute Gasteiger partial charge is 0.273 e. The zero-order valence-corrected chi connectivity index (χ0v) is 20.0. The van der Waals surface area contributed by atoms with Gasteiger partial charge in [-0.05, 0) is 47.3 Å². The molecule has 1 saturated heterocycles.